The van der Waals surface area contributed by atoms with Gasteiger partial charge in [-0.25, -0.2) is 9.97 Å². The molecule has 25 heavy (non-hydrogen) atoms. The minimum absolute atomic E-state index is 0.560. The van der Waals surface area contributed by atoms with Crippen LogP contribution in [0, 0.1) is 0 Å². The lowest BCUT2D eigenvalue weighted by molar-refractivity contribution is 0.00634. The van der Waals surface area contributed by atoms with Gasteiger partial charge < -0.3 is 10.0 Å². The second-order valence-electron chi connectivity index (χ2n) is 7.41. The highest BCUT2D eigenvalue weighted by molar-refractivity contribution is 7.13. The molecule has 1 atom stereocenters. The van der Waals surface area contributed by atoms with E-state index in [0.29, 0.717) is 0 Å². The van der Waals surface area contributed by atoms with Gasteiger partial charge in [0.2, 0.25) is 0 Å². The number of thiophene rings is 1. The molecule has 0 amide bonds. The van der Waals surface area contributed by atoms with Crippen LogP contribution in [-0.4, -0.2) is 63.2 Å². The van der Waals surface area contributed by atoms with Crippen molar-refractivity contribution in [2.75, 3.05) is 32.7 Å². The second-order valence-corrected chi connectivity index (χ2v) is 8.36. The van der Waals surface area contributed by atoms with Crippen molar-refractivity contribution >= 4 is 11.3 Å². The predicted octanol–water partition coefficient (Wildman–Crippen LogP) is 2.63. The van der Waals surface area contributed by atoms with Crippen LogP contribution >= 0.6 is 11.3 Å². The molecule has 0 aromatic carbocycles. The number of piperidine rings is 1. The molecule has 134 valence electrons. The smallest absolute Gasteiger partial charge is 0.169 e. The first-order chi connectivity index (χ1) is 12.2. The van der Waals surface area contributed by atoms with Crippen LogP contribution in [0.4, 0.5) is 0 Å². The first-order valence-electron chi connectivity index (χ1n) is 9.22. The molecule has 5 nitrogen and oxygen atoms in total. The maximum atomic E-state index is 10.9. The van der Waals surface area contributed by atoms with Crippen molar-refractivity contribution in [2.24, 2.45) is 0 Å². The monoisotopic (exact) mass is 358 g/mol. The SMILES string of the molecule is OC1(CN2CCCCC2)CCN(Cc2cnc(-c3cccs3)nc2)C1. The number of aromatic nitrogens is 2. The zero-order valence-electron chi connectivity index (χ0n) is 14.6. The van der Waals surface area contributed by atoms with Crippen LogP contribution in [-0.2, 0) is 6.54 Å². The Balaban J connectivity index is 1.32. The van der Waals surface area contributed by atoms with E-state index in [-0.39, 0.29) is 0 Å². The Morgan fingerprint density at radius 3 is 2.60 bits per heavy atom. The average Bonchev–Trinajstić information content (AvgIpc) is 3.27. The van der Waals surface area contributed by atoms with Gasteiger partial charge in [0, 0.05) is 44.1 Å². The molecule has 0 spiro atoms. The highest BCUT2D eigenvalue weighted by atomic mass is 32.1. The molecule has 0 saturated carbocycles. The van der Waals surface area contributed by atoms with Gasteiger partial charge in [0.15, 0.2) is 5.82 Å². The van der Waals surface area contributed by atoms with E-state index in [2.05, 4.69) is 19.8 Å². The summed E-state index contributed by atoms with van der Waals surface area (Å²) in [7, 11) is 0. The van der Waals surface area contributed by atoms with Crippen molar-refractivity contribution in [1.82, 2.24) is 19.8 Å². The fourth-order valence-corrected chi connectivity index (χ4v) is 4.64. The quantitative estimate of drug-likeness (QED) is 0.890. The van der Waals surface area contributed by atoms with E-state index in [9.17, 15) is 5.11 Å². The van der Waals surface area contributed by atoms with Gasteiger partial charge in [0.05, 0.1) is 10.5 Å². The van der Waals surface area contributed by atoms with E-state index in [1.165, 1.54) is 19.3 Å². The lowest BCUT2D eigenvalue weighted by Gasteiger charge is -2.33. The first-order valence-corrected chi connectivity index (χ1v) is 10.1. The Morgan fingerprint density at radius 2 is 1.88 bits per heavy atom. The largest absolute Gasteiger partial charge is 0.387 e. The van der Waals surface area contributed by atoms with Gasteiger partial charge in [-0.15, -0.1) is 11.3 Å². The Morgan fingerprint density at radius 1 is 1.08 bits per heavy atom. The molecule has 0 radical (unpaired) electrons. The van der Waals surface area contributed by atoms with Gasteiger partial charge >= 0.3 is 0 Å². The van der Waals surface area contributed by atoms with E-state index < -0.39 is 5.60 Å². The summed E-state index contributed by atoms with van der Waals surface area (Å²) < 4.78 is 0. The van der Waals surface area contributed by atoms with Gasteiger partial charge in [0.25, 0.3) is 0 Å². The minimum Gasteiger partial charge on any atom is -0.387 e. The lowest BCUT2D eigenvalue weighted by Crippen LogP contribution is -2.46. The molecule has 1 unspecified atom stereocenters. The molecule has 6 heteroatoms. The summed E-state index contributed by atoms with van der Waals surface area (Å²) in [5, 5.41) is 13.0. The van der Waals surface area contributed by atoms with Crippen molar-refractivity contribution in [3.05, 3.63) is 35.5 Å². The van der Waals surface area contributed by atoms with Crippen LogP contribution in [0.2, 0.25) is 0 Å². The third kappa shape index (κ3) is 4.26. The van der Waals surface area contributed by atoms with Crippen molar-refractivity contribution in [1.29, 1.82) is 0 Å². The van der Waals surface area contributed by atoms with Crippen LogP contribution in [0.25, 0.3) is 10.7 Å². The Bertz CT molecular complexity index is 669. The van der Waals surface area contributed by atoms with Crippen LogP contribution in [0.15, 0.2) is 29.9 Å². The second kappa shape index (κ2) is 7.50. The van der Waals surface area contributed by atoms with Gasteiger partial charge in [0.1, 0.15) is 0 Å². The Kier molecular flexibility index (Phi) is 5.12. The van der Waals surface area contributed by atoms with Crippen LogP contribution in [0.5, 0.6) is 0 Å². The van der Waals surface area contributed by atoms with E-state index in [0.717, 1.165) is 62.0 Å². The fraction of sp³-hybridized carbons (Fsp3) is 0.579. The average molecular weight is 359 g/mol. The number of nitrogens with zero attached hydrogens (tertiary/aromatic N) is 4. The lowest BCUT2D eigenvalue weighted by atomic mass is 10.0. The Labute approximate surface area is 153 Å². The summed E-state index contributed by atoms with van der Waals surface area (Å²) in [5.41, 5.74) is 0.553. The normalized spacial score (nSPS) is 25.5. The van der Waals surface area contributed by atoms with E-state index in [4.69, 9.17) is 0 Å². The number of hydrogen-bond donors (Lipinski definition) is 1. The summed E-state index contributed by atoms with van der Waals surface area (Å²) in [4.78, 5) is 14.9. The first kappa shape index (κ1) is 17.1. The fourth-order valence-electron chi connectivity index (χ4n) is 3.97. The molecule has 1 N–H and O–H groups in total. The molecule has 2 fully saturated rings. The summed E-state index contributed by atoms with van der Waals surface area (Å²) in [6.07, 6.45) is 8.58. The van der Waals surface area contributed by atoms with Gasteiger partial charge in [-0.3, -0.25) is 4.90 Å². The summed E-state index contributed by atoms with van der Waals surface area (Å²) in [6.45, 7) is 5.60. The van der Waals surface area contributed by atoms with Crippen molar-refractivity contribution in [3.8, 4) is 10.7 Å². The van der Waals surface area contributed by atoms with E-state index in [1.807, 2.05) is 29.9 Å². The molecule has 4 rings (SSSR count). The maximum absolute atomic E-state index is 10.9. The zero-order chi connectivity index (χ0) is 17.1. The maximum Gasteiger partial charge on any atom is 0.169 e. The molecular formula is C19H26N4OS. The van der Waals surface area contributed by atoms with Gasteiger partial charge in [-0.2, -0.15) is 0 Å². The molecule has 4 heterocycles. The molecule has 2 aromatic rings. The van der Waals surface area contributed by atoms with Crippen LogP contribution < -0.4 is 0 Å². The predicted molar refractivity (Wildman–Crippen MR) is 100 cm³/mol. The molecule has 0 aliphatic carbocycles. The molecule has 2 aromatic heterocycles. The summed E-state index contributed by atoms with van der Waals surface area (Å²) in [6, 6.07) is 4.06. The number of hydrogen-bond acceptors (Lipinski definition) is 6. The standard InChI is InChI=1S/C19H26N4OS/c24-19(14-22-7-2-1-3-8-22)6-9-23(15-19)13-16-11-20-18(21-12-16)17-5-4-10-25-17/h4-5,10-12,24H,1-3,6-9,13-15H2. The van der Waals surface area contributed by atoms with Gasteiger partial charge in [-0.05, 0) is 43.8 Å². The minimum atomic E-state index is -0.560. The third-order valence-corrected chi connectivity index (χ3v) is 6.10. The van der Waals surface area contributed by atoms with E-state index in [1.54, 1.807) is 11.3 Å². The molecule has 2 aliphatic rings. The van der Waals surface area contributed by atoms with Crippen LogP contribution in [0.3, 0.4) is 0 Å². The van der Waals surface area contributed by atoms with E-state index >= 15 is 0 Å². The van der Waals surface area contributed by atoms with Crippen LogP contribution in [0.1, 0.15) is 31.2 Å². The highest BCUT2D eigenvalue weighted by Crippen LogP contribution is 2.26. The number of β-amino-alcohol motifs (C(OH)–C–C–N with tert-alkyl or cyclic N) is 1. The molecule has 2 saturated heterocycles. The van der Waals surface area contributed by atoms with Crippen molar-refractivity contribution in [3.63, 3.8) is 0 Å². The topological polar surface area (TPSA) is 52.5 Å². The van der Waals surface area contributed by atoms with Crippen molar-refractivity contribution in [2.45, 2.75) is 37.8 Å². The Hall–Kier alpha value is -1.34. The zero-order valence-corrected chi connectivity index (χ0v) is 15.4. The number of aliphatic hydroxyl groups is 1. The summed E-state index contributed by atoms with van der Waals surface area (Å²) >= 11 is 1.66. The van der Waals surface area contributed by atoms with Gasteiger partial charge in [-0.1, -0.05) is 12.5 Å². The van der Waals surface area contributed by atoms with Crippen molar-refractivity contribution < 1.29 is 5.11 Å². The molecule has 0 bridgehead atoms. The number of rotatable bonds is 5. The molecular weight excluding hydrogens is 332 g/mol. The third-order valence-electron chi connectivity index (χ3n) is 5.23. The number of likely N-dealkylation sites (tertiary alicyclic amines) is 2. The highest BCUT2D eigenvalue weighted by Gasteiger charge is 2.37. The summed E-state index contributed by atoms with van der Waals surface area (Å²) in [5.74, 6) is 0.793. The molecule has 2 aliphatic heterocycles.